The number of nitrogens with zero attached hydrogens (tertiary/aromatic N) is 3. The van der Waals surface area contributed by atoms with Gasteiger partial charge in [-0.25, -0.2) is 13.4 Å². The Kier molecular flexibility index (Phi) is 6.79. The van der Waals surface area contributed by atoms with Gasteiger partial charge in [-0.2, -0.15) is 4.31 Å². The van der Waals surface area contributed by atoms with Gasteiger partial charge in [-0.15, -0.1) is 24.5 Å². The smallest absolute Gasteiger partial charge is 0.406 e. The molecule has 176 valence electrons. The third-order valence-corrected chi connectivity index (χ3v) is 8.11. The molecule has 2 heterocycles. The first-order valence-corrected chi connectivity index (χ1v) is 12.6. The van der Waals surface area contributed by atoms with Crippen molar-refractivity contribution in [3.05, 3.63) is 57.9 Å². The van der Waals surface area contributed by atoms with Gasteiger partial charge in [0, 0.05) is 47.2 Å². The molecular formula is C20H16Cl2F3N3O3S2. The van der Waals surface area contributed by atoms with Crippen LogP contribution in [0.15, 0.2) is 52.7 Å². The van der Waals surface area contributed by atoms with Crippen LogP contribution in [0, 0.1) is 0 Å². The summed E-state index contributed by atoms with van der Waals surface area (Å²) in [5.41, 5.74) is 1.50. The van der Waals surface area contributed by atoms with Crippen molar-refractivity contribution in [2.75, 3.05) is 31.1 Å². The molecule has 0 atom stereocenters. The van der Waals surface area contributed by atoms with E-state index in [0.717, 1.165) is 40.7 Å². The molecule has 0 amide bonds. The number of sulfonamides is 1. The minimum absolute atomic E-state index is 0.0974. The highest BCUT2D eigenvalue weighted by molar-refractivity contribution is 7.89. The Bertz CT molecular complexity index is 1220. The van der Waals surface area contributed by atoms with Crippen LogP contribution >= 0.6 is 34.5 Å². The van der Waals surface area contributed by atoms with Gasteiger partial charge < -0.3 is 9.64 Å². The number of hydrogen-bond acceptors (Lipinski definition) is 6. The highest BCUT2D eigenvalue weighted by atomic mass is 35.5. The lowest BCUT2D eigenvalue weighted by Gasteiger charge is -2.33. The molecule has 6 nitrogen and oxygen atoms in total. The van der Waals surface area contributed by atoms with Crippen molar-refractivity contribution in [2.24, 2.45) is 0 Å². The highest BCUT2D eigenvalue weighted by Crippen LogP contribution is 2.32. The molecule has 13 heteroatoms. The summed E-state index contributed by atoms with van der Waals surface area (Å²) in [6.45, 7) is 1.25. The van der Waals surface area contributed by atoms with Crippen molar-refractivity contribution in [1.82, 2.24) is 9.29 Å². The van der Waals surface area contributed by atoms with E-state index in [9.17, 15) is 21.6 Å². The van der Waals surface area contributed by atoms with Crippen LogP contribution in [0.1, 0.15) is 0 Å². The highest BCUT2D eigenvalue weighted by Gasteiger charge is 2.32. The van der Waals surface area contributed by atoms with Gasteiger partial charge in [0.05, 0.1) is 10.6 Å². The first kappa shape index (κ1) is 24.1. The second-order valence-electron chi connectivity index (χ2n) is 7.08. The van der Waals surface area contributed by atoms with Gasteiger partial charge >= 0.3 is 6.36 Å². The minimum Gasteiger partial charge on any atom is -0.406 e. The summed E-state index contributed by atoms with van der Waals surface area (Å²) < 4.78 is 67.8. The monoisotopic (exact) mass is 537 g/mol. The molecule has 0 saturated carbocycles. The molecule has 2 aromatic carbocycles. The number of rotatable bonds is 5. The maximum atomic E-state index is 12.9. The van der Waals surface area contributed by atoms with Gasteiger partial charge in [-0.3, -0.25) is 0 Å². The van der Waals surface area contributed by atoms with Crippen molar-refractivity contribution >= 4 is 49.7 Å². The third kappa shape index (κ3) is 5.72. The molecule has 1 aliphatic heterocycles. The van der Waals surface area contributed by atoms with Crippen molar-refractivity contribution in [3.8, 4) is 17.0 Å². The predicted octanol–water partition coefficient (Wildman–Crippen LogP) is 5.53. The van der Waals surface area contributed by atoms with Crippen molar-refractivity contribution in [1.29, 1.82) is 0 Å². The van der Waals surface area contributed by atoms with Crippen LogP contribution in [0.25, 0.3) is 11.3 Å². The van der Waals surface area contributed by atoms with Crippen molar-refractivity contribution in [3.63, 3.8) is 0 Å². The lowest BCUT2D eigenvalue weighted by molar-refractivity contribution is -0.274. The predicted molar refractivity (Wildman–Crippen MR) is 122 cm³/mol. The van der Waals surface area contributed by atoms with Crippen LogP contribution < -0.4 is 9.64 Å². The van der Waals surface area contributed by atoms with E-state index in [2.05, 4.69) is 9.72 Å². The maximum Gasteiger partial charge on any atom is 0.573 e. The molecule has 3 aromatic rings. The molecule has 1 aromatic heterocycles. The Balaban J connectivity index is 1.42. The Labute approximate surface area is 202 Å². The Morgan fingerprint density at radius 3 is 2.15 bits per heavy atom. The Hall–Kier alpha value is -2.05. The molecule has 0 bridgehead atoms. The van der Waals surface area contributed by atoms with Gasteiger partial charge in [0.1, 0.15) is 5.75 Å². The van der Waals surface area contributed by atoms with E-state index in [1.165, 1.54) is 15.6 Å². The average Bonchev–Trinajstić information content (AvgIpc) is 3.23. The quantitative estimate of drug-likeness (QED) is 0.428. The molecule has 0 spiro atoms. The summed E-state index contributed by atoms with van der Waals surface area (Å²) in [6, 6.07) is 9.34. The van der Waals surface area contributed by atoms with Gasteiger partial charge in [-0.05, 0) is 42.5 Å². The number of alkyl halides is 3. The third-order valence-electron chi connectivity index (χ3n) is 4.85. The zero-order valence-corrected chi connectivity index (χ0v) is 19.9. The topological polar surface area (TPSA) is 62.7 Å². The van der Waals surface area contributed by atoms with Crippen LogP contribution in [-0.4, -0.2) is 50.2 Å². The van der Waals surface area contributed by atoms with Gasteiger partial charge in [-0.1, -0.05) is 23.2 Å². The van der Waals surface area contributed by atoms with E-state index in [1.807, 2.05) is 10.3 Å². The van der Waals surface area contributed by atoms with Crippen LogP contribution in [0.3, 0.4) is 0 Å². The van der Waals surface area contributed by atoms with E-state index < -0.39 is 22.1 Å². The Morgan fingerprint density at radius 1 is 0.970 bits per heavy atom. The number of benzene rings is 2. The van der Waals surface area contributed by atoms with Crippen LogP contribution in [0.2, 0.25) is 10.0 Å². The standard InChI is InChI=1S/C20H16Cl2F3N3O3S2/c21-14-9-13(10-15(22)11-14)18-12-32-19(26-18)27-5-7-28(8-6-27)33(29,30)17-3-1-16(2-4-17)31-20(23,24)25/h1-4,9-12H,5-8H2. The fourth-order valence-electron chi connectivity index (χ4n) is 3.33. The van der Waals surface area contributed by atoms with E-state index in [4.69, 9.17) is 23.2 Å². The number of thiazole rings is 1. The second-order valence-corrected chi connectivity index (χ2v) is 10.7. The van der Waals surface area contributed by atoms with Gasteiger partial charge in [0.25, 0.3) is 0 Å². The van der Waals surface area contributed by atoms with E-state index in [1.54, 1.807) is 18.2 Å². The van der Waals surface area contributed by atoms with Crippen LogP contribution in [0.5, 0.6) is 5.75 Å². The zero-order valence-electron chi connectivity index (χ0n) is 16.7. The molecule has 0 unspecified atom stereocenters. The lowest BCUT2D eigenvalue weighted by Crippen LogP contribution is -2.48. The van der Waals surface area contributed by atoms with E-state index in [0.29, 0.717) is 23.1 Å². The summed E-state index contributed by atoms with van der Waals surface area (Å²) in [7, 11) is -3.85. The van der Waals surface area contributed by atoms with Crippen LogP contribution in [0.4, 0.5) is 18.3 Å². The van der Waals surface area contributed by atoms with Crippen LogP contribution in [-0.2, 0) is 10.0 Å². The molecule has 1 aliphatic rings. The summed E-state index contributed by atoms with van der Waals surface area (Å²) in [5, 5.41) is 3.63. The van der Waals surface area contributed by atoms with Crippen molar-refractivity contribution in [2.45, 2.75) is 11.3 Å². The molecule has 33 heavy (non-hydrogen) atoms. The maximum absolute atomic E-state index is 12.9. The largest absolute Gasteiger partial charge is 0.573 e. The Morgan fingerprint density at radius 2 is 1.58 bits per heavy atom. The summed E-state index contributed by atoms with van der Waals surface area (Å²) >= 11 is 13.6. The summed E-state index contributed by atoms with van der Waals surface area (Å²) in [4.78, 5) is 6.51. The SMILES string of the molecule is O=S(=O)(c1ccc(OC(F)(F)F)cc1)N1CCN(c2nc(-c3cc(Cl)cc(Cl)c3)cs2)CC1. The van der Waals surface area contributed by atoms with Gasteiger partial charge in [0.2, 0.25) is 10.0 Å². The molecule has 0 aliphatic carbocycles. The normalized spacial score (nSPS) is 15.6. The second kappa shape index (κ2) is 9.30. The number of anilines is 1. The minimum atomic E-state index is -4.84. The lowest BCUT2D eigenvalue weighted by atomic mass is 10.2. The van der Waals surface area contributed by atoms with E-state index in [-0.39, 0.29) is 18.0 Å². The molecule has 0 radical (unpaired) electrons. The summed E-state index contributed by atoms with van der Waals surface area (Å²) in [5.74, 6) is -0.480. The molecule has 1 fully saturated rings. The first-order chi connectivity index (χ1) is 15.5. The van der Waals surface area contributed by atoms with Gasteiger partial charge in [0.15, 0.2) is 5.13 Å². The fourth-order valence-corrected chi connectivity index (χ4v) is 6.16. The van der Waals surface area contributed by atoms with Crippen molar-refractivity contribution < 1.29 is 26.3 Å². The number of hydrogen-bond donors (Lipinski definition) is 0. The molecule has 0 N–H and O–H groups in total. The number of halogens is 5. The first-order valence-electron chi connectivity index (χ1n) is 9.54. The summed E-state index contributed by atoms with van der Waals surface area (Å²) in [6.07, 6.45) is -4.84. The number of piperazine rings is 1. The fraction of sp³-hybridized carbons (Fsp3) is 0.250. The molecule has 1 saturated heterocycles. The number of aromatic nitrogens is 1. The van der Waals surface area contributed by atoms with E-state index >= 15 is 0 Å². The average molecular weight is 538 g/mol. The molecule has 4 rings (SSSR count). The molecular weight excluding hydrogens is 522 g/mol. The number of ether oxygens (including phenoxy) is 1. The zero-order chi connectivity index (χ0) is 23.8.